The van der Waals surface area contributed by atoms with E-state index in [4.69, 9.17) is 16.7 Å². The molecule has 0 radical (unpaired) electrons. The molecule has 1 aromatic heterocycles. The number of nitrogens with zero attached hydrogens (tertiary/aromatic N) is 2. The second kappa shape index (κ2) is 6.38. The predicted molar refractivity (Wildman–Crippen MR) is 75.6 cm³/mol. The maximum absolute atomic E-state index is 10.6. The Balaban J connectivity index is 1.88. The van der Waals surface area contributed by atoms with Gasteiger partial charge in [-0.3, -0.25) is 0 Å². The van der Waals surface area contributed by atoms with E-state index in [-0.39, 0.29) is 17.4 Å². The fraction of sp³-hybridized carbons (Fsp3) is 0.545. The van der Waals surface area contributed by atoms with Crippen LogP contribution in [0.15, 0.2) is 10.7 Å². The molecule has 1 aliphatic rings. The minimum absolute atomic E-state index is 0.0491. The van der Waals surface area contributed by atoms with E-state index in [2.05, 4.69) is 36.5 Å². The molecule has 1 fully saturated rings. The zero-order valence-electron chi connectivity index (χ0n) is 10.1. The van der Waals surface area contributed by atoms with Crippen LogP contribution in [0.4, 0.5) is 10.6 Å². The van der Waals surface area contributed by atoms with Gasteiger partial charge in [0, 0.05) is 18.3 Å². The van der Waals surface area contributed by atoms with Crippen LogP contribution in [-0.4, -0.2) is 33.3 Å². The van der Waals surface area contributed by atoms with Crippen LogP contribution in [0.25, 0.3) is 0 Å². The van der Waals surface area contributed by atoms with Gasteiger partial charge in [-0.05, 0) is 53.2 Å². The molecule has 1 aliphatic carbocycles. The Hall–Kier alpha value is -1.08. The van der Waals surface area contributed by atoms with E-state index >= 15 is 0 Å². The monoisotopic (exact) mass is 348 g/mol. The largest absolute Gasteiger partial charge is 0.465 e. The summed E-state index contributed by atoms with van der Waals surface area (Å²) in [6, 6.07) is 0.321. The van der Waals surface area contributed by atoms with Gasteiger partial charge in [0.05, 0.1) is 4.47 Å². The molecule has 0 bridgehead atoms. The average Bonchev–Trinajstić information content (AvgIpc) is 2.35. The van der Waals surface area contributed by atoms with E-state index in [1.54, 1.807) is 6.20 Å². The minimum atomic E-state index is -0.957. The van der Waals surface area contributed by atoms with Crippen molar-refractivity contribution < 1.29 is 9.90 Å². The summed E-state index contributed by atoms with van der Waals surface area (Å²) in [6.45, 7) is 0. The van der Waals surface area contributed by atoms with Crippen molar-refractivity contribution in [2.75, 3.05) is 5.32 Å². The lowest BCUT2D eigenvalue weighted by atomic mass is 9.91. The average molecular weight is 350 g/mol. The Morgan fingerprint density at radius 1 is 1.37 bits per heavy atom. The van der Waals surface area contributed by atoms with E-state index in [9.17, 15) is 4.79 Å². The molecule has 1 amide bonds. The highest BCUT2D eigenvalue weighted by Crippen LogP contribution is 2.26. The first-order valence-electron chi connectivity index (χ1n) is 5.98. The topological polar surface area (TPSA) is 87.1 Å². The number of aromatic nitrogens is 2. The van der Waals surface area contributed by atoms with E-state index in [1.807, 2.05) is 0 Å². The molecule has 3 N–H and O–H groups in total. The van der Waals surface area contributed by atoms with E-state index in [1.165, 1.54) is 0 Å². The molecular weight excluding hydrogens is 336 g/mol. The summed E-state index contributed by atoms with van der Waals surface area (Å²) >= 11 is 9.12. The maximum atomic E-state index is 10.6. The quantitative estimate of drug-likeness (QED) is 0.730. The Labute approximate surface area is 124 Å². The summed E-state index contributed by atoms with van der Waals surface area (Å²) < 4.78 is 0.766. The SMILES string of the molecule is O=C(O)NC1CCC(Nc2nc(Cl)ncc2Br)CC1. The zero-order chi connectivity index (χ0) is 13.8. The summed E-state index contributed by atoms with van der Waals surface area (Å²) in [7, 11) is 0. The number of nitrogens with one attached hydrogen (secondary N) is 2. The lowest BCUT2D eigenvalue weighted by Gasteiger charge is -2.29. The van der Waals surface area contributed by atoms with E-state index < -0.39 is 6.09 Å². The van der Waals surface area contributed by atoms with Gasteiger partial charge in [-0.25, -0.2) is 9.78 Å². The van der Waals surface area contributed by atoms with Crippen molar-refractivity contribution in [3.8, 4) is 0 Å². The van der Waals surface area contributed by atoms with Crippen molar-refractivity contribution in [3.63, 3.8) is 0 Å². The number of amides is 1. The molecule has 8 heteroatoms. The Morgan fingerprint density at radius 2 is 2.00 bits per heavy atom. The van der Waals surface area contributed by atoms with Crippen LogP contribution < -0.4 is 10.6 Å². The fourth-order valence-electron chi connectivity index (χ4n) is 2.20. The second-order valence-corrected chi connectivity index (χ2v) is 5.67. The Morgan fingerprint density at radius 3 is 2.63 bits per heavy atom. The number of halogens is 2. The summed E-state index contributed by atoms with van der Waals surface area (Å²) in [6.07, 6.45) is 4.07. The minimum Gasteiger partial charge on any atom is -0.465 e. The first-order valence-corrected chi connectivity index (χ1v) is 7.15. The molecule has 0 aliphatic heterocycles. The molecule has 2 rings (SSSR count). The number of carbonyl (C=O) groups is 1. The third kappa shape index (κ3) is 4.21. The van der Waals surface area contributed by atoms with Gasteiger partial charge < -0.3 is 15.7 Å². The van der Waals surface area contributed by atoms with E-state index in [0.717, 1.165) is 30.2 Å². The first kappa shape index (κ1) is 14.3. The Bertz CT molecular complexity index is 466. The number of hydrogen-bond acceptors (Lipinski definition) is 4. The predicted octanol–water partition coefficient (Wildman–Crippen LogP) is 2.88. The van der Waals surface area contributed by atoms with Crippen LogP contribution in [-0.2, 0) is 0 Å². The Kier molecular flexibility index (Phi) is 4.81. The highest BCUT2D eigenvalue weighted by molar-refractivity contribution is 9.10. The standard InChI is InChI=1S/C11H14BrClN4O2/c12-8-5-14-10(13)17-9(8)15-6-1-3-7(4-2-6)16-11(18)19/h5-7,16H,1-4H2,(H,18,19)(H,14,15,17). The van der Waals surface area contributed by atoms with Crippen LogP contribution in [0, 0.1) is 0 Å². The van der Waals surface area contributed by atoms with Crippen molar-refractivity contribution in [3.05, 3.63) is 16.0 Å². The third-order valence-corrected chi connectivity index (χ3v) is 3.87. The van der Waals surface area contributed by atoms with Crippen LogP contribution in [0.2, 0.25) is 5.28 Å². The van der Waals surface area contributed by atoms with Gasteiger partial charge in [0.15, 0.2) is 0 Å². The van der Waals surface area contributed by atoms with Gasteiger partial charge in [0.2, 0.25) is 5.28 Å². The third-order valence-electron chi connectivity index (χ3n) is 3.11. The summed E-state index contributed by atoms with van der Waals surface area (Å²) in [4.78, 5) is 18.5. The number of hydrogen-bond donors (Lipinski definition) is 3. The van der Waals surface area contributed by atoms with Crippen LogP contribution in [0.5, 0.6) is 0 Å². The molecule has 0 unspecified atom stereocenters. The van der Waals surface area contributed by atoms with Gasteiger partial charge in [-0.1, -0.05) is 0 Å². The number of carboxylic acid groups (broad SMARTS) is 1. The molecule has 0 spiro atoms. The van der Waals surface area contributed by atoms with Crippen LogP contribution in [0.3, 0.4) is 0 Å². The number of anilines is 1. The smallest absolute Gasteiger partial charge is 0.404 e. The molecule has 1 aromatic rings. The van der Waals surface area contributed by atoms with Crippen LogP contribution in [0.1, 0.15) is 25.7 Å². The zero-order valence-corrected chi connectivity index (χ0v) is 12.4. The first-order chi connectivity index (χ1) is 9.04. The lowest BCUT2D eigenvalue weighted by Crippen LogP contribution is -2.39. The molecule has 1 heterocycles. The number of rotatable bonds is 3. The van der Waals surface area contributed by atoms with Gasteiger partial charge >= 0.3 is 6.09 Å². The highest BCUT2D eigenvalue weighted by atomic mass is 79.9. The van der Waals surface area contributed by atoms with Gasteiger partial charge in [0.1, 0.15) is 5.82 Å². The van der Waals surface area contributed by atoms with Crippen molar-refractivity contribution >= 4 is 39.4 Å². The summed E-state index contributed by atoms with van der Waals surface area (Å²) in [5, 5.41) is 14.7. The van der Waals surface area contributed by atoms with Crippen molar-refractivity contribution in [2.45, 2.75) is 37.8 Å². The fourth-order valence-corrected chi connectivity index (χ4v) is 2.64. The van der Waals surface area contributed by atoms with Crippen LogP contribution >= 0.6 is 27.5 Å². The van der Waals surface area contributed by atoms with Crippen molar-refractivity contribution in [2.24, 2.45) is 0 Å². The molecule has 0 atom stereocenters. The molecule has 6 nitrogen and oxygen atoms in total. The van der Waals surface area contributed by atoms with Gasteiger partial charge in [-0.2, -0.15) is 4.98 Å². The second-order valence-electron chi connectivity index (χ2n) is 4.48. The normalized spacial score (nSPS) is 22.8. The molecule has 0 saturated heterocycles. The highest BCUT2D eigenvalue weighted by Gasteiger charge is 2.23. The van der Waals surface area contributed by atoms with Gasteiger partial charge in [0.25, 0.3) is 0 Å². The van der Waals surface area contributed by atoms with Crippen molar-refractivity contribution in [1.29, 1.82) is 0 Å². The van der Waals surface area contributed by atoms with Gasteiger partial charge in [-0.15, -0.1) is 0 Å². The molecule has 104 valence electrons. The molecule has 0 aromatic carbocycles. The maximum Gasteiger partial charge on any atom is 0.404 e. The van der Waals surface area contributed by atoms with E-state index in [0.29, 0.717) is 5.82 Å². The lowest BCUT2D eigenvalue weighted by molar-refractivity contribution is 0.185. The van der Waals surface area contributed by atoms with Crippen molar-refractivity contribution in [1.82, 2.24) is 15.3 Å². The molecule has 1 saturated carbocycles. The molecular formula is C11H14BrClN4O2. The summed E-state index contributed by atoms with van der Waals surface area (Å²) in [5.41, 5.74) is 0. The molecule has 19 heavy (non-hydrogen) atoms. The summed E-state index contributed by atoms with van der Waals surface area (Å²) in [5.74, 6) is 0.676.